The zero-order valence-electron chi connectivity index (χ0n) is 10.5. The average molecular weight is 246 g/mol. The van der Waals surface area contributed by atoms with Gasteiger partial charge in [-0.1, -0.05) is 30.3 Å². The molecular weight excluding hydrogens is 228 g/mol. The topological polar surface area (TPSA) is 52.9 Å². The van der Waals surface area contributed by atoms with Crippen LogP contribution in [0.2, 0.25) is 0 Å². The van der Waals surface area contributed by atoms with E-state index in [-0.39, 0.29) is 11.8 Å². The molecule has 0 spiro atoms. The molecule has 96 valence electrons. The van der Waals surface area contributed by atoms with E-state index < -0.39 is 0 Å². The molecule has 4 heteroatoms. The number of likely N-dealkylation sites (tertiary alicyclic amines) is 1. The van der Waals surface area contributed by atoms with Crippen molar-refractivity contribution in [3.8, 4) is 0 Å². The van der Waals surface area contributed by atoms with Gasteiger partial charge >= 0.3 is 0 Å². The summed E-state index contributed by atoms with van der Waals surface area (Å²) in [4.78, 5) is 14.1. The lowest BCUT2D eigenvalue weighted by Gasteiger charge is -2.32. The van der Waals surface area contributed by atoms with Gasteiger partial charge in [0.25, 0.3) is 5.91 Å². The van der Waals surface area contributed by atoms with Crippen LogP contribution in [-0.2, 0) is 0 Å². The van der Waals surface area contributed by atoms with Gasteiger partial charge in [-0.3, -0.25) is 4.79 Å². The molecule has 0 aromatic heterocycles. The number of amides is 1. The fourth-order valence-electron chi connectivity index (χ4n) is 2.36. The number of carbonyl (C=O) groups is 1. The molecule has 1 saturated heterocycles. The molecule has 1 N–H and O–H groups in total. The molecule has 1 aliphatic rings. The van der Waals surface area contributed by atoms with Gasteiger partial charge in [0.05, 0.1) is 5.71 Å². The van der Waals surface area contributed by atoms with E-state index in [1.165, 1.54) is 0 Å². The average Bonchev–Trinajstić information content (AvgIpc) is 2.46. The molecule has 1 aromatic rings. The van der Waals surface area contributed by atoms with Crippen LogP contribution in [0.25, 0.3) is 0 Å². The second-order valence-corrected chi connectivity index (χ2v) is 4.56. The van der Waals surface area contributed by atoms with Crippen molar-refractivity contribution in [3.63, 3.8) is 0 Å². The van der Waals surface area contributed by atoms with Crippen molar-refractivity contribution < 1.29 is 10.0 Å². The Hall–Kier alpha value is -1.84. The molecule has 1 unspecified atom stereocenters. The minimum absolute atomic E-state index is 0.0611. The van der Waals surface area contributed by atoms with Crippen molar-refractivity contribution >= 4 is 11.6 Å². The van der Waals surface area contributed by atoms with Crippen molar-refractivity contribution in [2.45, 2.75) is 19.8 Å². The lowest BCUT2D eigenvalue weighted by atomic mass is 9.93. The first-order valence-corrected chi connectivity index (χ1v) is 6.31. The molecule has 1 heterocycles. The third-order valence-electron chi connectivity index (χ3n) is 3.48. The number of benzene rings is 1. The molecule has 0 saturated carbocycles. The molecule has 0 aliphatic carbocycles. The summed E-state index contributed by atoms with van der Waals surface area (Å²) in [5.74, 6) is 0.238. The second kappa shape index (κ2) is 5.67. The van der Waals surface area contributed by atoms with Crippen LogP contribution in [0.5, 0.6) is 0 Å². The molecule has 1 fully saturated rings. The highest BCUT2D eigenvalue weighted by atomic mass is 16.4. The lowest BCUT2D eigenvalue weighted by Crippen LogP contribution is -2.44. The Morgan fingerprint density at radius 2 is 2.17 bits per heavy atom. The van der Waals surface area contributed by atoms with Crippen molar-refractivity contribution in [1.82, 2.24) is 4.90 Å². The maximum atomic E-state index is 12.3. The van der Waals surface area contributed by atoms with E-state index in [0.29, 0.717) is 19.5 Å². The SMILES string of the molecule is CCC1CN(C(=O)c2ccccc2)CC/C1=N\O. The first-order chi connectivity index (χ1) is 8.76. The summed E-state index contributed by atoms with van der Waals surface area (Å²) in [6.07, 6.45) is 1.55. The van der Waals surface area contributed by atoms with E-state index in [9.17, 15) is 4.79 Å². The highest BCUT2D eigenvalue weighted by molar-refractivity contribution is 5.96. The van der Waals surface area contributed by atoms with Gasteiger partial charge in [-0.25, -0.2) is 0 Å². The molecule has 18 heavy (non-hydrogen) atoms. The first-order valence-electron chi connectivity index (χ1n) is 6.31. The van der Waals surface area contributed by atoms with Crippen LogP contribution in [0.15, 0.2) is 35.5 Å². The van der Waals surface area contributed by atoms with Gasteiger partial charge < -0.3 is 10.1 Å². The van der Waals surface area contributed by atoms with Gasteiger partial charge in [0.2, 0.25) is 0 Å². The Kier molecular flexibility index (Phi) is 3.97. The summed E-state index contributed by atoms with van der Waals surface area (Å²) < 4.78 is 0. The Morgan fingerprint density at radius 3 is 2.78 bits per heavy atom. The van der Waals surface area contributed by atoms with E-state index in [1.54, 1.807) is 0 Å². The van der Waals surface area contributed by atoms with E-state index in [2.05, 4.69) is 5.16 Å². The van der Waals surface area contributed by atoms with Crippen molar-refractivity contribution in [2.75, 3.05) is 13.1 Å². The number of piperidine rings is 1. The molecule has 1 amide bonds. The molecular formula is C14H18N2O2. The minimum Gasteiger partial charge on any atom is -0.411 e. The summed E-state index contributed by atoms with van der Waals surface area (Å²) in [5, 5.41) is 12.3. The molecule has 1 atom stereocenters. The Bertz CT molecular complexity index is 442. The van der Waals surface area contributed by atoms with E-state index in [0.717, 1.165) is 17.7 Å². The van der Waals surface area contributed by atoms with Gasteiger partial charge in [-0.2, -0.15) is 0 Å². The molecule has 2 rings (SSSR count). The van der Waals surface area contributed by atoms with E-state index >= 15 is 0 Å². The Balaban J connectivity index is 2.10. The van der Waals surface area contributed by atoms with Gasteiger partial charge in [0.15, 0.2) is 0 Å². The number of oxime groups is 1. The summed E-state index contributed by atoms with van der Waals surface area (Å²) in [6.45, 7) is 3.32. The van der Waals surface area contributed by atoms with Crippen LogP contribution in [0.1, 0.15) is 30.1 Å². The highest BCUT2D eigenvalue weighted by Gasteiger charge is 2.28. The molecule has 0 bridgehead atoms. The van der Waals surface area contributed by atoms with Crippen molar-refractivity contribution in [3.05, 3.63) is 35.9 Å². The minimum atomic E-state index is 0.0611. The fraction of sp³-hybridized carbons (Fsp3) is 0.429. The van der Waals surface area contributed by atoms with Crippen LogP contribution >= 0.6 is 0 Å². The monoisotopic (exact) mass is 246 g/mol. The molecule has 4 nitrogen and oxygen atoms in total. The smallest absolute Gasteiger partial charge is 0.253 e. The number of hydrogen-bond acceptors (Lipinski definition) is 3. The van der Waals surface area contributed by atoms with Gasteiger partial charge in [0.1, 0.15) is 0 Å². The van der Waals surface area contributed by atoms with Gasteiger partial charge in [-0.15, -0.1) is 0 Å². The number of carbonyl (C=O) groups excluding carboxylic acids is 1. The van der Waals surface area contributed by atoms with Crippen LogP contribution < -0.4 is 0 Å². The van der Waals surface area contributed by atoms with Crippen LogP contribution in [0.4, 0.5) is 0 Å². The van der Waals surface area contributed by atoms with E-state index in [1.807, 2.05) is 42.2 Å². The standard InChI is InChI=1S/C14H18N2O2/c1-2-11-10-16(9-8-13(11)15-18)14(17)12-6-4-3-5-7-12/h3-7,11,18H,2,8-10H2,1H3/b15-13+. The summed E-state index contributed by atoms with van der Waals surface area (Å²) in [5.41, 5.74) is 1.53. The zero-order valence-corrected chi connectivity index (χ0v) is 10.5. The number of rotatable bonds is 2. The van der Waals surface area contributed by atoms with Crippen molar-refractivity contribution in [2.24, 2.45) is 11.1 Å². The maximum absolute atomic E-state index is 12.3. The predicted octanol–water partition coefficient (Wildman–Crippen LogP) is 2.39. The zero-order chi connectivity index (χ0) is 13.0. The van der Waals surface area contributed by atoms with Crippen LogP contribution in [0, 0.1) is 5.92 Å². The Morgan fingerprint density at radius 1 is 1.44 bits per heavy atom. The fourth-order valence-corrected chi connectivity index (χ4v) is 2.36. The van der Waals surface area contributed by atoms with Gasteiger partial charge in [-0.05, 0) is 18.6 Å². The molecule has 0 radical (unpaired) electrons. The number of hydrogen-bond donors (Lipinski definition) is 1. The predicted molar refractivity (Wildman–Crippen MR) is 70.0 cm³/mol. The number of nitrogens with zero attached hydrogens (tertiary/aromatic N) is 2. The second-order valence-electron chi connectivity index (χ2n) is 4.56. The van der Waals surface area contributed by atoms with Crippen LogP contribution in [-0.4, -0.2) is 34.8 Å². The maximum Gasteiger partial charge on any atom is 0.253 e. The quantitative estimate of drug-likeness (QED) is 0.643. The Labute approximate surface area is 107 Å². The molecule has 1 aromatic carbocycles. The third-order valence-corrected chi connectivity index (χ3v) is 3.48. The summed E-state index contributed by atoms with van der Waals surface area (Å²) in [7, 11) is 0. The van der Waals surface area contributed by atoms with Crippen LogP contribution in [0.3, 0.4) is 0 Å². The third kappa shape index (κ3) is 2.53. The first kappa shape index (κ1) is 12.6. The highest BCUT2D eigenvalue weighted by Crippen LogP contribution is 2.19. The van der Waals surface area contributed by atoms with Gasteiger partial charge in [0, 0.05) is 31.0 Å². The lowest BCUT2D eigenvalue weighted by molar-refractivity contribution is 0.0729. The normalized spacial score (nSPS) is 22.2. The van der Waals surface area contributed by atoms with E-state index in [4.69, 9.17) is 5.21 Å². The molecule has 1 aliphatic heterocycles. The summed E-state index contributed by atoms with van der Waals surface area (Å²) in [6, 6.07) is 9.31. The summed E-state index contributed by atoms with van der Waals surface area (Å²) >= 11 is 0. The largest absolute Gasteiger partial charge is 0.411 e. The van der Waals surface area contributed by atoms with Crippen molar-refractivity contribution in [1.29, 1.82) is 0 Å².